The molecule has 15 heavy (non-hydrogen) atoms. The van der Waals surface area contributed by atoms with E-state index < -0.39 is 12.2 Å². The van der Waals surface area contributed by atoms with Crippen LogP contribution in [0.3, 0.4) is 0 Å². The molecular formula is C7H11N3O3S2. The fourth-order valence-corrected chi connectivity index (χ4v) is 2.98. The van der Waals surface area contributed by atoms with Gasteiger partial charge in [0.1, 0.15) is 12.2 Å². The van der Waals surface area contributed by atoms with Gasteiger partial charge in [-0.05, 0) is 0 Å². The highest BCUT2D eigenvalue weighted by Gasteiger charge is 2.34. The molecule has 0 bridgehead atoms. The lowest BCUT2D eigenvalue weighted by Crippen LogP contribution is -2.31. The summed E-state index contributed by atoms with van der Waals surface area (Å²) in [6, 6.07) is 0. The van der Waals surface area contributed by atoms with E-state index in [-0.39, 0.29) is 12.7 Å². The number of aromatic nitrogens is 2. The topological polar surface area (TPSA) is 101 Å². The number of ether oxygens (including phenoxy) is 1. The van der Waals surface area contributed by atoms with Gasteiger partial charge < -0.3 is 20.7 Å². The van der Waals surface area contributed by atoms with Gasteiger partial charge in [0.2, 0.25) is 5.13 Å². The minimum atomic E-state index is -0.817. The van der Waals surface area contributed by atoms with Crippen LogP contribution in [0.2, 0.25) is 0 Å². The summed E-state index contributed by atoms with van der Waals surface area (Å²) in [4.78, 5) is 0. The van der Waals surface area contributed by atoms with Crippen LogP contribution in [-0.2, 0) is 4.74 Å². The van der Waals surface area contributed by atoms with Crippen molar-refractivity contribution in [1.82, 2.24) is 10.2 Å². The van der Waals surface area contributed by atoms with E-state index in [0.717, 1.165) is 4.34 Å². The highest BCUT2D eigenvalue weighted by molar-refractivity contribution is 8.01. The molecule has 3 atom stereocenters. The average molecular weight is 249 g/mol. The number of rotatable bonds is 3. The molecule has 6 nitrogen and oxygen atoms in total. The maximum atomic E-state index is 9.50. The molecule has 8 heteroatoms. The Hall–Kier alpha value is -0.410. The summed E-state index contributed by atoms with van der Waals surface area (Å²) in [6.07, 6.45) is -1.95. The molecule has 1 aromatic heterocycles. The molecule has 0 amide bonds. The van der Waals surface area contributed by atoms with E-state index in [9.17, 15) is 10.2 Å². The van der Waals surface area contributed by atoms with E-state index >= 15 is 0 Å². The summed E-state index contributed by atoms with van der Waals surface area (Å²) in [5.41, 5.74) is 5.42. The van der Waals surface area contributed by atoms with Gasteiger partial charge in [-0.1, -0.05) is 23.1 Å². The van der Waals surface area contributed by atoms with Gasteiger partial charge in [-0.25, -0.2) is 0 Å². The molecule has 2 rings (SSSR count). The fraction of sp³-hybridized carbons (Fsp3) is 0.714. The predicted molar refractivity (Wildman–Crippen MR) is 56.8 cm³/mol. The lowest BCUT2D eigenvalue weighted by Gasteiger charge is -2.12. The maximum Gasteiger partial charge on any atom is 0.203 e. The number of nitrogens with zero attached hydrogens (tertiary/aromatic N) is 2. The quantitative estimate of drug-likeness (QED) is 0.611. The standard InChI is InChI=1S/C7H11N3O3S2/c8-6-9-10-7(15-6)14-2-4-5(12)3(11)1-13-4/h3-5,11-12H,1-2H2,(H2,8,9). The molecule has 2 heterocycles. The first kappa shape index (κ1) is 11.1. The molecule has 4 N–H and O–H groups in total. The van der Waals surface area contributed by atoms with Crippen LogP contribution < -0.4 is 5.73 Å². The maximum absolute atomic E-state index is 9.50. The Morgan fingerprint density at radius 1 is 1.53 bits per heavy atom. The molecule has 0 aromatic carbocycles. The van der Waals surface area contributed by atoms with Gasteiger partial charge in [0.15, 0.2) is 4.34 Å². The minimum absolute atomic E-state index is 0.185. The SMILES string of the molecule is Nc1nnc(SCC2OCC(O)C2O)s1. The van der Waals surface area contributed by atoms with Crippen molar-refractivity contribution in [2.75, 3.05) is 18.1 Å². The van der Waals surface area contributed by atoms with Crippen LogP contribution in [0.1, 0.15) is 0 Å². The van der Waals surface area contributed by atoms with Gasteiger partial charge in [0.25, 0.3) is 0 Å². The molecule has 1 aliphatic rings. The Kier molecular flexibility index (Phi) is 3.42. The van der Waals surface area contributed by atoms with E-state index in [1.54, 1.807) is 0 Å². The lowest BCUT2D eigenvalue weighted by molar-refractivity contribution is 0.0337. The zero-order chi connectivity index (χ0) is 10.8. The van der Waals surface area contributed by atoms with Crippen molar-refractivity contribution in [3.8, 4) is 0 Å². The Morgan fingerprint density at radius 3 is 2.87 bits per heavy atom. The first-order chi connectivity index (χ1) is 7.16. The van der Waals surface area contributed by atoms with E-state index in [4.69, 9.17) is 10.5 Å². The Morgan fingerprint density at radius 2 is 2.33 bits per heavy atom. The minimum Gasteiger partial charge on any atom is -0.388 e. The monoisotopic (exact) mass is 249 g/mol. The Balaban J connectivity index is 1.83. The molecule has 0 radical (unpaired) electrons. The van der Waals surface area contributed by atoms with Crippen LogP contribution in [0, 0.1) is 0 Å². The Labute approximate surface area is 94.5 Å². The second kappa shape index (κ2) is 4.62. The predicted octanol–water partition coefficient (Wildman–Crippen LogP) is -0.667. The van der Waals surface area contributed by atoms with Gasteiger partial charge in [-0.2, -0.15) is 0 Å². The Bertz CT molecular complexity index is 335. The molecular weight excluding hydrogens is 238 g/mol. The van der Waals surface area contributed by atoms with Crippen LogP contribution in [0.15, 0.2) is 4.34 Å². The fourth-order valence-electron chi connectivity index (χ4n) is 1.25. The van der Waals surface area contributed by atoms with Crippen molar-refractivity contribution in [3.05, 3.63) is 0 Å². The largest absolute Gasteiger partial charge is 0.388 e. The van der Waals surface area contributed by atoms with E-state index in [0.29, 0.717) is 10.9 Å². The zero-order valence-corrected chi connectivity index (χ0v) is 9.37. The first-order valence-corrected chi connectivity index (χ1v) is 6.16. The van der Waals surface area contributed by atoms with E-state index in [2.05, 4.69) is 10.2 Å². The number of nitrogens with two attached hydrogens (primary N) is 1. The van der Waals surface area contributed by atoms with Crippen molar-refractivity contribution >= 4 is 28.2 Å². The van der Waals surface area contributed by atoms with Crippen molar-refractivity contribution < 1.29 is 14.9 Å². The number of thioether (sulfide) groups is 1. The third kappa shape index (κ3) is 2.58. The first-order valence-electron chi connectivity index (χ1n) is 4.36. The van der Waals surface area contributed by atoms with Gasteiger partial charge in [-0.3, -0.25) is 0 Å². The lowest BCUT2D eigenvalue weighted by atomic mass is 10.2. The molecule has 0 aliphatic carbocycles. The van der Waals surface area contributed by atoms with Gasteiger partial charge in [0.05, 0.1) is 12.7 Å². The number of hydrogen-bond donors (Lipinski definition) is 3. The van der Waals surface area contributed by atoms with Crippen molar-refractivity contribution in [1.29, 1.82) is 0 Å². The summed E-state index contributed by atoms with van der Waals surface area (Å²) >= 11 is 2.71. The summed E-state index contributed by atoms with van der Waals surface area (Å²) in [6.45, 7) is 0.185. The molecule has 1 fully saturated rings. The van der Waals surface area contributed by atoms with Crippen molar-refractivity contribution in [2.24, 2.45) is 0 Å². The number of anilines is 1. The molecule has 1 saturated heterocycles. The van der Waals surface area contributed by atoms with Crippen LogP contribution in [0.5, 0.6) is 0 Å². The average Bonchev–Trinajstić information content (AvgIpc) is 2.74. The molecule has 1 aromatic rings. The van der Waals surface area contributed by atoms with Crippen molar-refractivity contribution in [2.45, 2.75) is 22.7 Å². The van der Waals surface area contributed by atoms with Gasteiger partial charge in [0, 0.05) is 5.75 Å². The van der Waals surface area contributed by atoms with Crippen LogP contribution in [-0.4, -0.2) is 51.1 Å². The number of hydrogen-bond acceptors (Lipinski definition) is 8. The smallest absolute Gasteiger partial charge is 0.203 e. The third-order valence-electron chi connectivity index (χ3n) is 2.05. The highest BCUT2D eigenvalue weighted by atomic mass is 32.2. The summed E-state index contributed by atoms with van der Waals surface area (Å²) in [5.74, 6) is 0.535. The van der Waals surface area contributed by atoms with E-state index in [1.165, 1.54) is 23.1 Å². The number of nitrogen functional groups attached to an aromatic ring is 1. The summed E-state index contributed by atoms with van der Waals surface area (Å²) < 4.78 is 5.95. The third-order valence-corrected chi connectivity index (χ3v) is 4.02. The van der Waals surface area contributed by atoms with Gasteiger partial charge in [-0.15, -0.1) is 10.2 Å². The molecule has 0 spiro atoms. The zero-order valence-electron chi connectivity index (χ0n) is 7.74. The number of aliphatic hydroxyl groups is 2. The van der Waals surface area contributed by atoms with Crippen LogP contribution >= 0.6 is 23.1 Å². The van der Waals surface area contributed by atoms with E-state index in [1.807, 2.05) is 0 Å². The van der Waals surface area contributed by atoms with Gasteiger partial charge >= 0.3 is 0 Å². The second-order valence-electron chi connectivity index (χ2n) is 3.15. The second-order valence-corrected chi connectivity index (χ2v) is 5.42. The highest BCUT2D eigenvalue weighted by Crippen LogP contribution is 2.27. The molecule has 84 valence electrons. The molecule has 3 unspecified atom stereocenters. The number of aliphatic hydroxyl groups excluding tert-OH is 2. The summed E-state index contributed by atoms with van der Waals surface area (Å²) in [7, 11) is 0. The molecule has 0 saturated carbocycles. The van der Waals surface area contributed by atoms with Crippen LogP contribution in [0.25, 0.3) is 0 Å². The van der Waals surface area contributed by atoms with Crippen molar-refractivity contribution in [3.63, 3.8) is 0 Å². The normalized spacial score (nSPS) is 30.9. The molecule has 1 aliphatic heterocycles. The summed E-state index contributed by atoms with van der Waals surface area (Å²) in [5, 5.41) is 26.7. The van der Waals surface area contributed by atoms with Crippen LogP contribution in [0.4, 0.5) is 5.13 Å².